The van der Waals surface area contributed by atoms with Gasteiger partial charge in [0.25, 0.3) is 0 Å². The summed E-state index contributed by atoms with van der Waals surface area (Å²) in [6.45, 7) is 13.4. The molecule has 10 aliphatic rings. The Morgan fingerprint density at radius 1 is 0.624 bits per heavy atom. The molecule has 4 aliphatic carbocycles. The number of aliphatic hydroxyl groups excluding tert-OH is 12. The van der Waals surface area contributed by atoms with E-state index in [0.717, 1.165) is 19.3 Å². The SMILES string of the molecule is CC(C)CC1OC1C(C)(O)C1CCC2C3CC(OC4OC(C)C(O)C(OC5OCC(O)C(O)C5OC5OC(C)C(OC6OC(CO)C(O)C(O)C6OC6OC(C)C(O)C(O)C6O)C(O)C5O)C4O)C4CC(OS(=O)(=O)O)CCC4(C)C3=CCC21C. The average Bonchev–Trinajstić information content (AvgIpc) is 1.69. The molecule has 10 rings (SSSR count). The molecule has 0 radical (unpaired) electrons. The standard InChI is InChI=1S/C56H92O28S/c1-20(2)15-31-48(77-31)56(8,69)33-10-9-26-25-17-30(28-16-24(84-85(70,71)72)11-13-54(28,6)27(25)12-14-55(26,33)7)78-51-43(68)45(35(60)22(4)75-51)81-52-46(36(61)29(58)19-73-52)82-50-42(67)40(65)44(23(5)76-50)80-53-47(39(64)37(62)32(18-57)79-53)83-49-41(66)38(63)34(59)21(3)74-49/h12,20-26,28-53,57-69H,9-11,13-19H2,1-8H3,(H,70,71,72). The highest BCUT2D eigenvalue weighted by Crippen LogP contribution is 2.68. The Hall–Kier alpha value is -1.35. The van der Waals surface area contributed by atoms with Crippen LogP contribution in [0.15, 0.2) is 11.6 Å². The molecule has 6 saturated heterocycles. The van der Waals surface area contributed by atoms with Crippen molar-refractivity contribution in [3.63, 3.8) is 0 Å². The van der Waals surface area contributed by atoms with Gasteiger partial charge < -0.3 is 118 Å². The Balaban J connectivity index is 0.849. The Morgan fingerprint density at radius 2 is 1.21 bits per heavy atom. The first-order chi connectivity index (χ1) is 39.8. The van der Waals surface area contributed by atoms with Crippen LogP contribution in [-0.4, -0.2) is 270 Å². The van der Waals surface area contributed by atoms with Gasteiger partial charge in [0.05, 0.1) is 55.4 Å². The molecule has 85 heavy (non-hydrogen) atoms. The van der Waals surface area contributed by atoms with Crippen molar-refractivity contribution in [3.8, 4) is 0 Å². The number of aliphatic hydroxyl groups is 13. The van der Waals surface area contributed by atoms with Gasteiger partial charge in [0, 0.05) is 0 Å². The molecule has 6 aliphatic heterocycles. The van der Waals surface area contributed by atoms with Gasteiger partial charge in [-0.3, -0.25) is 4.55 Å². The lowest BCUT2D eigenvalue weighted by Gasteiger charge is -2.60. The van der Waals surface area contributed by atoms with E-state index in [1.807, 2.05) is 6.92 Å². The first-order valence-corrected chi connectivity index (χ1v) is 31.5. The first-order valence-electron chi connectivity index (χ1n) is 30.1. The van der Waals surface area contributed by atoms with E-state index in [9.17, 15) is 79.4 Å². The second-order valence-corrected chi connectivity index (χ2v) is 28.0. The Bertz CT molecular complexity index is 2430. The van der Waals surface area contributed by atoms with Crippen LogP contribution >= 0.6 is 0 Å². The normalized spacial score (nSPS) is 53.7. The van der Waals surface area contributed by atoms with Crippen molar-refractivity contribution < 1.29 is 136 Å². The Kier molecular flexibility index (Phi) is 19.8. The van der Waals surface area contributed by atoms with Crippen LogP contribution in [0.1, 0.15) is 107 Å². The molecule has 0 spiro atoms. The van der Waals surface area contributed by atoms with E-state index in [1.165, 1.54) is 26.3 Å². The smallest absolute Gasteiger partial charge is 0.394 e. The Morgan fingerprint density at radius 3 is 1.86 bits per heavy atom. The van der Waals surface area contributed by atoms with Gasteiger partial charge in [-0.2, -0.15) is 8.42 Å². The lowest BCUT2D eigenvalue weighted by atomic mass is 9.47. The average molecular weight is 1250 g/mol. The fourth-order valence-electron chi connectivity index (χ4n) is 16.2. The third kappa shape index (κ3) is 12.7. The van der Waals surface area contributed by atoms with Crippen molar-refractivity contribution in [1.82, 2.24) is 0 Å². The van der Waals surface area contributed by atoms with Gasteiger partial charge in [-0.1, -0.05) is 39.3 Å². The van der Waals surface area contributed by atoms with Crippen LogP contribution in [-0.2, 0) is 66.7 Å². The van der Waals surface area contributed by atoms with Gasteiger partial charge in [0.1, 0.15) is 104 Å². The van der Waals surface area contributed by atoms with E-state index in [1.54, 1.807) is 0 Å². The number of hydrogen-bond acceptors (Lipinski definition) is 27. The molecule has 0 amide bonds. The van der Waals surface area contributed by atoms with E-state index in [2.05, 4.69) is 33.8 Å². The molecule has 6 heterocycles. The number of rotatable bonds is 17. The van der Waals surface area contributed by atoms with Gasteiger partial charge in [0.15, 0.2) is 31.5 Å². The maximum Gasteiger partial charge on any atom is 0.397 e. The third-order valence-electron chi connectivity index (χ3n) is 20.9. The lowest BCUT2D eigenvalue weighted by Crippen LogP contribution is -2.67. The zero-order chi connectivity index (χ0) is 61.9. The third-order valence-corrected chi connectivity index (χ3v) is 21.4. The van der Waals surface area contributed by atoms with Crippen molar-refractivity contribution >= 4 is 10.4 Å². The predicted molar refractivity (Wildman–Crippen MR) is 285 cm³/mol. The fraction of sp³-hybridized carbons (Fsp3) is 0.964. The van der Waals surface area contributed by atoms with Crippen molar-refractivity contribution in [3.05, 3.63) is 11.6 Å². The first kappa shape index (κ1) is 66.6. The monoisotopic (exact) mass is 1240 g/mol. The number of ether oxygens (including phenoxy) is 11. The maximum absolute atomic E-state index is 12.3. The highest BCUT2D eigenvalue weighted by molar-refractivity contribution is 7.80. The van der Waals surface area contributed by atoms with Crippen LogP contribution in [0.3, 0.4) is 0 Å². The number of hydrogen-bond donors (Lipinski definition) is 14. The second-order valence-electron chi connectivity index (χ2n) is 26.9. The quantitative estimate of drug-likeness (QED) is 0.0395. The van der Waals surface area contributed by atoms with Crippen molar-refractivity contribution in [2.24, 2.45) is 40.4 Å². The van der Waals surface area contributed by atoms with Crippen LogP contribution < -0.4 is 0 Å². The highest BCUT2D eigenvalue weighted by atomic mass is 32.3. The molecule has 490 valence electrons. The minimum absolute atomic E-state index is 0.0271. The Labute approximate surface area is 494 Å². The molecule has 9 fully saturated rings. The molecule has 14 N–H and O–H groups in total. The molecule has 0 aromatic heterocycles. The molecule has 29 heteroatoms. The minimum atomic E-state index is -4.85. The summed E-state index contributed by atoms with van der Waals surface area (Å²) < 4.78 is 106. The molecular weight excluding hydrogens is 1150 g/mol. The second kappa shape index (κ2) is 25.3. The van der Waals surface area contributed by atoms with Crippen LogP contribution in [0.4, 0.5) is 0 Å². The molecule has 0 aromatic rings. The summed E-state index contributed by atoms with van der Waals surface area (Å²) in [5.41, 5.74) is -0.822. The summed E-state index contributed by atoms with van der Waals surface area (Å²) in [6.07, 6.45) is -35.5. The van der Waals surface area contributed by atoms with Gasteiger partial charge in [-0.05, 0) is 119 Å². The van der Waals surface area contributed by atoms with Gasteiger partial charge in [-0.15, -0.1) is 0 Å². The number of fused-ring (bicyclic) bond motifs is 5. The highest BCUT2D eigenvalue weighted by Gasteiger charge is 2.67. The van der Waals surface area contributed by atoms with Crippen LogP contribution in [0, 0.1) is 40.4 Å². The molecule has 28 nitrogen and oxygen atoms in total. The minimum Gasteiger partial charge on any atom is -0.394 e. The molecule has 35 atom stereocenters. The maximum atomic E-state index is 12.3. The molecule has 35 unspecified atom stereocenters. The van der Waals surface area contributed by atoms with E-state index < -0.39 is 200 Å². The summed E-state index contributed by atoms with van der Waals surface area (Å²) in [5.74, 6) is -0.132. The summed E-state index contributed by atoms with van der Waals surface area (Å²) in [7, 11) is -4.85. The number of allylic oxidation sites excluding steroid dienone is 2. The largest absolute Gasteiger partial charge is 0.397 e. The van der Waals surface area contributed by atoms with E-state index in [0.29, 0.717) is 31.6 Å². The van der Waals surface area contributed by atoms with Crippen molar-refractivity contribution in [2.45, 2.75) is 284 Å². The topological polar surface area (TPSA) is 431 Å². The zero-order valence-electron chi connectivity index (χ0n) is 49.1. The zero-order valence-corrected chi connectivity index (χ0v) is 49.9. The van der Waals surface area contributed by atoms with Crippen LogP contribution in [0.2, 0.25) is 0 Å². The van der Waals surface area contributed by atoms with Crippen molar-refractivity contribution in [2.75, 3.05) is 13.2 Å². The summed E-state index contributed by atoms with van der Waals surface area (Å²) in [4.78, 5) is 0. The lowest BCUT2D eigenvalue weighted by molar-refractivity contribution is -0.397. The summed E-state index contributed by atoms with van der Waals surface area (Å²) in [6, 6.07) is 0. The van der Waals surface area contributed by atoms with E-state index in [4.69, 9.17) is 56.3 Å². The molecular formula is C56H92O28S. The van der Waals surface area contributed by atoms with Gasteiger partial charge in [-0.25, -0.2) is 4.18 Å². The molecule has 0 bridgehead atoms. The van der Waals surface area contributed by atoms with Gasteiger partial charge >= 0.3 is 10.4 Å². The number of epoxide rings is 1. The summed E-state index contributed by atoms with van der Waals surface area (Å²) >= 11 is 0. The fourth-order valence-corrected chi connectivity index (χ4v) is 16.7. The van der Waals surface area contributed by atoms with Gasteiger partial charge in [0.2, 0.25) is 0 Å². The van der Waals surface area contributed by atoms with Crippen LogP contribution in [0.25, 0.3) is 0 Å². The molecule has 3 saturated carbocycles. The molecule has 0 aromatic carbocycles. The van der Waals surface area contributed by atoms with Crippen molar-refractivity contribution in [1.29, 1.82) is 0 Å². The van der Waals surface area contributed by atoms with E-state index in [-0.39, 0.29) is 41.8 Å². The predicted octanol–water partition coefficient (Wildman–Crippen LogP) is -2.87. The summed E-state index contributed by atoms with van der Waals surface area (Å²) in [5, 5.41) is 145. The van der Waals surface area contributed by atoms with Crippen LogP contribution in [0.5, 0.6) is 0 Å². The van der Waals surface area contributed by atoms with E-state index >= 15 is 0 Å².